The van der Waals surface area contributed by atoms with E-state index in [1.807, 2.05) is 0 Å². The standard InChI is InChI=1S/C25H28F6N4O2/c1-14-21(23(37)34-8-5-19(6-9-34)35-7-3-4-20(35)13-36)15(2)33-22(32-14)16-10-17(24(26,27)28)12-18(11-16)25(29,30)31/h10-12,19-20,36H,3-9,13H2,1-2H3. The topological polar surface area (TPSA) is 69.6 Å². The molecule has 2 saturated heterocycles. The molecule has 1 unspecified atom stereocenters. The number of amides is 1. The number of nitrogens with zero attached hydrogens (tertiary/aromatic N) is 4. The van der Waals surface area contributed by atoms with E-state index >= 15 is 0 Å². The molecule has 1 amide bonds. The molecule has 4 rings (SSSR count). The number of carbonyl (C=O) groups excluding carboxylic acids is 1. The van der Waals surface area contributed by atoms with Gasteiger partial charge in [-0.3, -0.25) is 9.69 Å². The molecular formula is C25H28F6N4O2. The molecule has 0 aliphatic carbocycles. The molecule has 1 aromatic carbocycles. The van der Waals surface area contributed by atoms with Gasteiger partial charge in [0.1, 0.15) is 0 Å². The smallest absolute Gasteiger partial charge is 0.395 e. The number of aromatic nitrogens is 2. The van der Waals surface area contributed by atoms with Crippen molar-refractivity contribution in [2.24, 2.45) is 0 Å². The highest BCUT2D eigenvalue weighted by Crippen LogP contribution is 2.38. The number of carbonyl (C=O) groups is 1. The van der Waals surface area contributed by atoms with Gasteiger partial charge in [0.05, 0.1) is 34.7 Å². The highest BCUT2D eigenvalue weighted by molar-refractivity contribution is 5.96. The van der Waals surface area contributed by atoms with Gasteiger partial charge >= 0.3 is 12.4 Å². The minimum absolute atomic E-state index is 0.0512. The average Bonchev–Trinajstić information content (AvgIpc) is 3.31. The second kappa shape index (κ2) is 10.2. The lowest BCUT2D eigenvalue weighted by molar-refractivity contribution is -0.143. The number of piperidine rings is 1. The van der Waals surface area contributed by atoms with Crippen LogP contribution in [0, 0.1) is 13.8 Å². The van der Waals surface area contributed by atoms with Crippen LogP contribution in [-0.4, -0.2) is 69.1 Å². The lowest BCUT2D eigenvalue weighted by atomic mass is 10.0. The predicted octanol–water partition coefficient (Wildman–Crippen LogP) is 4.86. The largest absolute Gasteiger partial charge is 0.416 e. The molecule has 2 fully saturated rings. The zero-order valence-electron chi connectivity index (χ0n) is 20.5. The van der Waals surface area contributed by atoms with E-state index in [1.54, 1.807) is 4.90 Å². The fourth-order valence-corrected chi connectivity index (χ4v) is 5.33. The summed E-state index contributed by atoms with van der Waals surface area (Å²) in [4.78, 5) is 25.6. The zero-order chi connectivity index (χ0) is 27.1. The van der Waals surface area contributed by atoms with Crippen molar-refractivity contribution in [3.63, 3.8) is 0 Å². The molecule has 0 radical (unpaired) electrons. The molecule has 3 heterocycles. The quantitative estimate of drug-likeness (QED) is 0.572. The number of halogens is 6. The summed E-state index contributed by atoms with van der Waals surface area (Å²) < 4.78 is 79.7. The summed E-state index contributed by atoms with van der Waals surface area (Å²) in [6.07, 6.45) is -6.52. The Kier molecular flexibility index (Phi) is 7.53. The van der Waals surface area contributed by atoms with Crippen molar-refractivity contribution in [1.82, 2.24) is 19.8 Å². The first-order chi connectivity index (χ1) is 17.3. The number of hydrogen-bond donors (Lipinski definition) is 1. The van der Waals surface area contributed by atoms with Crippen molar-refractivity contribution in [2.45, 2.75) is 64.0 Å². The maximum Gasteiger partial charge on any atom is 0.416 e. The molecule has 202 valence electrons. The van der Waals surface area contributed by atoms with E-state index in [9.17, 15) is 36.2 Å². The molecule has 37 heavy (non-hydrogen) atoms. The molecule has 2 aliphatic heterocycles. The zero-order valence-corrected chi connectivity index (χ0v) is 20.5. The van der Waals surface area contributed by atoms with Crippen LogP contribution >= 0.6 is 0 Å². The van der Waals surface area contributed by atoms with Gasteiger partial charge in [0, 0.05) is 30.7 Å². The van der Waals surface area contributed by atoms with E-state index in [0.717, 1.165) is 32.2 Å². The van der Waals surface area contributed by atoms with E-state index in [4.69, 9.17) is 0 Å². The first kappa shape index (κ1) is 27.3. The van der Waals surface area contributed by atoms with Gasteiger partial charge < -0.3 is 10.0 Å². The number of rotatable bonds is 4. The van der Waals surface area contributed by atoms with Crippen LogP contribution in [0.25, 0.3) is 11.4 Å². The molecule has 12 heteroatoms. The predicted molar refractivity (Wildman–Crippen MR) is 123 cm³/mol. The Bertz CT molecular complexity index is 1100. The molecule has 0 spiro atoms. The summed E-state index contributed by atoms with van der Waals surface area (Å²) in [7, 11) is 0. The summed E-state index contributed by atoms with van der Waals surface area (Å²) >= 11 is 0. The molecule has 1 atom stereocenters. The highest BCUT2D eigenvalue weighted by Gasteiger charge is 2.38. The van der Waals surface area contributed by atoms with Crippen LogP contribution in [0.2, 0.25) is 0 Å². The van der Waals surface area contributed by atoms with Crippen LogP contribution in [-0.2, 0) is 12.4 Å². The van der Waals surface area contributed by atoms with Gasteiger partial charge in [0.25, 0.3) is 5.91 Å². The maximum atomic E-state index is 13.3. The molecule has 2 aromatic rings. The van der Waals surface area contributed by atoms with Crippen LogP contribution in [0.15, 0.2) is 18.2 Å². The average molecular weight is 531 g/mol. The molecule has 0 saturated carbocycles. The number of aliphatic hydroxyl groups is 1. The summed E-state index contributed by atoms with van der Waals surface area (Å²) in [6.45, 7) is 4.99. The van der Waals surface area contributed by atoms with Crippen LogP contribution in [0.4, 0.5) is 26.3 Å². The van der Waals surface area contributed by atoms with Crippen LogP contribution in [0.1, 0.15) is 58.6 Å². The Balaban J connectivity index is 1.57. The molecule has 2 aliphatic rings. The third kappa shape index (κ3) is 5.74. The summed E-state index contributed by atoms with van der Waals surface area (Å²) in [5.74, 6) is -0.633. The van der Waals surface area contributed by atoms with E-state index in [2.05, 4.69) is 14.9 Å². The first-order valence-corrected chi connectivity index (χ1v) is 12.1. The SMILES string of the molecule is Cc1nc(-c2cc(C(F)(F)F)cc(C(F)(F)F)c2)nc(C)c1C(=O)N1CCC(N2CCCC2CO)CC1. The fraction of sp³-hybridized carbons (Fsp3) is 0.560. The Morgan fingerprint density at radius 1 is 0.919 bits per heavy atom. The molecule has 0 bridgehead atoms. The number of benzene rings is 1. The van der Waals surface area contributed by atoms with Crippen LogP contribution in [0.5, 0.6) is 0 Å². The normalized spacial score (nSPS) is 20.0. The van der Waals surface area contributed by atoms with Gasteiger partial charge in [0.2, 0.25) is 0 Å². The molecule has 1 N–H and O–H groups in total. The minimum atomic E-state index is -4.99. The van der Waals surface area contributed by atoms with Gasteiger partial charge in [0.15, 0.2) is 5.82 Å². The number of aryl methyl sites for hydroxylation is 2. The third-order valence-electron chi connectivity index (χ3n) is 7.18. The van der Waals surface area contributed by atoms with Crippen LogP contribution < -0.4 is 0 Å². The van der Waals surface area contributed by atoms with Crippen molar-refractivity contribution in [2.75, 3.05) is 26.2 Å². The van der Waals surface area contributed by atoms with E-state index in [-0.39, 0.29) is 53.4 Å². The Morgan fingerprint density at radius 3 is 1.95 bits per heavy atom. The monoisotopic (exact) mass is 530 g/mol. The summed E-state index contributed by atoms with van der Waals surface area (Å²) in [5, 5.41) is 9.60. The Labute approximate surface area is 210 Å². The van der Waals surface area contributed by atoms with Crippen molar-refractivity contribution in [1.29, 1.82) is 0 Å². The number of aliphatic hydroxyl groups excluding tert-OH is 1. The van der Waals surface area contributed by atoms with E-state index in [0.29, 0.717) is 25.2 Å². The van der Waals surface area contributed by atoms with Gasteiger partial charge in [-0.05, 0) is 64.3 Å². The molecule has 6 nitrogen and oxygen atoms in total. The van der Waals surface area contributed by atoms with Gasteiger partial charge in [-0.2, -0.15) is 26.3 Å². The maximum absolute atomic E-state index is 13.3. The van der Waals surface area contributed by atoms with Gasteiger partial charge in [-0.15, -0.1) is 0 Å². The van der Waals surface area contributed by atoms with E-state index in [1.165, 1.54) is 13.8 Å². The molecule has 1 aromatic heterocycles. The first-order valence-electron chi connectivity index (χ1n) is 12.1. The van der Waals surface area contributed by atoms with Crippen molar-refractivity contribution in [3.05, 3.63) is 46.3 Å². The Hall–Kier alpha value is -2.73. The third-order valence-corrected chi connectivity index (χ3v) is 7.18. The van der Waals surface area contributed by atoms with Gasteiger partial charge in [-0.25, -0.2) is 9.97 Å². The number of alkyl halides is 6. The molecular weight excluding hydrogens is 502 g/mol. The second-order valence-electron chi connectivity index (χ2n) is 9.63. The fourth-order valence-electron chi connectivity index (χ4n) is 5.33. The summed E-state index contributed by atoms with van der Waals surface area (Å²) in [5.41, 5.74) is -2.79. The van der Waals surface area contributed by atoms with Crippen molar-refractivity contribution < 1.29 is 36.2 Å². The lowest BCUT2D eigenvalue weighted by Crippen LogP contribution is -2.49. The van der Waals surface area contributed by atoms with Crippen LogP contribution in [0.3, 0.4) is 0 Å². The minimum Gasteiger partial charge on any atom is -0.395 e. The highest BCUT2D eigenvalue weighted by atomic mass is 19.4. The lowest BCUT2D eigenvalue weighted by Gasteiger charge is -2.39. The number of hydrogen-bond acceptors (Lipinski definition) is 5. The van der Waals surface area contributed by atoms with Gasteiger partial charge in [-0.1, -0.05) is 0 Å². The Morgan fingerprint density at radius 2 is 1.46 bits per heavy atom. The summed E-state index contributed by atoms with van der Waals surface area (Å²) in [6, 6.07) is 1.62. The van der Waals surface area contributed by atoms with Crippen molar-refractivity contribution >= 4 is 5.91 Å². The second-order valence-corrected chi connectivity index (χ2v) is 9.63. The van der Waals surface area contributed by atoms with E-state index < -0.39 is 29.0 Å². The van der Waals surface area contributed by atoms with Crippen molar-refractivity contribution in [3.8, 4) is 11.4 Å². The number of likely N-dealkylation sites (tertiary alicyclic amines) is 2.